The third-order valence-corrected chi connectivity index (χ3v) is 4.64. The van der Waals surface area contributed by atoms with E-state index in [2.05, 4.69) is 20.9 Å². The lowest BCUT2D eigenvalue weighted by molar-refractivity contribution is 0.0943. The number of anilines is 3. The predicted molar refractivity (Wildman–Crippen MR) is 120 cm³/mol. The highest BCUT2D eigenvalue weighted by Crippen LogP contribution is 2.23. The maximum Gasteiger partial charge on any atom is 0.252 e. The lowest BCUT2D eigenvalue weighted by Gasteiger charge is -2.14. The summed E-state index contributed by atoms with van der Waals surface area (Å²) in [6, 6.07) is 16.8. The molecule has 0 unspecified atom stereocenters. The summed E-state index contributed by atoms with van der Waals surface area (Å²) in [4.78, 5) is 28.2. The van der Waals surface area contributed by atoms with Crippen LogP contribution in [0, 0.1) is 6.92 Å². The summed E-state index contributed by atoms with van der Waals surface area (Å²) in [5.74, 6) is -0.282. The van der Waals surface area contributed by atoms with Crippen molar-refractivity contribution in [3.8, 4) is 0 Å². The first kappa shape index (κ1) is 21.8. The molecule has 0 aliphatic rings. The van der Waals surface area contributed by atoms with Crippen molar-refractivity contribution in [2.45, 2.75) is 13.5 Å². The van der Waals surface area contributed by atoms with Gasteiger partial charge in [-0.25, -0.2) is 4.98 Å². The molecule has 0 radical (unpaired) electrons. The van der Waals surface area contributed by atoms with Crippen LogP contribution in [0.1, 0.15) is 31.8 Å². The van der Waals surface area contributed by atoms with Crippen molar-refractivity contribution < 1.29 is 14.7 Å². The standard InChI is InChI=1S/C23H25N5O3/c1-15-11-17(7-8-18(15)23(31)25-9-10-29)28-21-12-20(19(14-27-21)22(24)30)26-13-16-5-3-2-4-6-16/h2-8,11-12,14,29H,9-10,13H2,1H3,(H2,24,30)(H,25,31)(H2,26,27,28). The number of benzene rings is 2. The first-order chi connectivity index (χ1) is 15.0. The van der Waals surface area contributed by atoms with Crippen LogP contribution in [0.15, 0.2) is 60.8 Å². The molecule has 2 aromatic carbocycles. The van der Waals surface area contributed by atoms with Crippen LogP contribution in [-0.4, -0.2) is 35.1 Å². The van der Waals surface area contributed by atoms with Crippen molar-refractivity contribution in [1.29, 1.82) is 0 Å². The zero-order valence-corrected chi connectivity index (χ0v) is 17.2. The SMILES string of the molecule is Cc1cc(Nc2cc(NCc3ccccc3)c(C(N)=O)cn2)ccc1C(=O)NCCO. The molecule has 0 fully saturated rings. The van der Waals surface area contributed by atoms with E-state index < -0.39 is 5.91 Å². The van der Waals surface area contributed by atoms with Crippen molar-refractivity contribution in [3.63, 3.8) is 0 Å². The van der Waals surface area contributed by atoms with Crippen molar-refractivity contribution in [2.75, 3.05) is 23.8 Å². The van der Waals surface area contributed by atoms with Gasteiger partial charge in [0.15, 0.2) is 0 Å². The quantitative estimate of drug-likeness (QED) is 0.362. The number of aromatic nitrogens is 1. The molecule has 2 amide bonds. The molecular formula is C23H25N5O3. The molecule has 0 atom stereocenters. The Morgan fingerprint density at radius 1 is 1.06 bits per heavy atom. The summed E-state index contributed by atoms with van der Waals surface area (Å²) in [5, 5.41) is 17.9. The van der Waals surface area contributed by atoms with Gasteiger partial charge in [-0.1, -0.05) is 30.3 Å². The molecule has 0 saturated carbocycles. The molecule has 6 N–H and O–H groups in total. The smallest absolute Gasteiger partial charge is 0.252 e. The normalized spacial score (nSPS) is 10.4. The molecule has 0 spiro atoms. The van der Waals surface area contributed by atoms with Gasteiger partial charge in [0.25, 0.3) is 11.8 Å². The molecule has 8 heteroatoms. The fourth-order valence-electron chi connectivity index (χ4n) is 3.07. The summed E-state index contributed by atoms with van der Waals surface area (Å²) < 4.78 is 0. The monoisotopic (exact) mass is 419 g/mol. The fourth-order valence-corrected chi connectivity index (χ4v) is 3.07. The second kappa shape index (κ2) is 10.2. The molecule has 1 aromatic heterocycles. The molecular weight excluding hydrogens is 394 g/mol. The van der Waals surface area contributed by atoms with Gasteiger partial charge in [0.1, 0.15) is 5.82 Å². The molecule has 0 saturated heterocycles. The topological polar surface area (TPSA) is 129 Å². The van der Waals surface area contributed by atoms with E-state index in [0.717, 1.165) is 16.8 Å². The van der Waals surface area contributed by atoms with Gasteiger partial charge in [0.05, 0.1) is 17.9 Å². The van der Waals surface area contributed by atoms with Gasteiger partial charge in [-0.15, -0.1) is 0 Å². The number of carbonyl (C=O) groups is 2. The number of aliphatic hydroxyl groups is 1. The molecule has 0 aliphatic carbocycles. The van der Waals surface area contributed by atoms with Crippen LogP contribution in [-0.2, 0) is 6.54 Å². The number of carbonyl (C=O) groups excluding carboxylic acids is 2. The van der Waals surface area contributed by atoms with E-state index in [1.807, 2.05) is 43.3 Å². The Bertz CT molecular complexity index is 1070. The van der Waals surface area contributed by atoms with Gasteiger partial charge in [0, 0.05) is 36.6 Å². The number of aliphatic hydroxyl groups excluding tert-OH is 1. The highest BCUT2D eigenvalue weighted by molar-refractivity contribution is 5.99. The van der Waals surface area contributed by atoms with E-state index in [4.69, 9.17) is 10.8 Å². The Balaban J connectivity index is 1.77. The number of nitrogens with one attached hydrogen (secondary N) is 3. The number of hydrogen-bond acceptors (Lipinski definition) is 6. The fraction of sp³-hybridized carbons (Fsp3) is 0.174. The van der Waals surface area contributed by atoms with Crippen molar-refractivity contribution in [1.82, 2.24) is 10.3 Å². The van der Waals surface area contributed by atoms with Gasteiger partial charge in [0.2, 0.25) is 0 Å². The highest BCUT2D eigenvalue weighted by Gasteiger charge is 2.12. The Morgan fingerprint density at radius 2 is 1.84 bits per heavy atom. The molecule has 160 valence electrons. The number of nitrogens with zero attached hydrogens (tertiary/aromatic N) is 1. The zero-order chi connectivity index (χ0) is 22.2. The number of pyridine rings is 1. The lowest BCUT2D eigenvalue weighted by atomic mass is 10.1. The maximum absolute atomic E-state index is 12.1. The van der Waals surface area contributed by atoms with Crippen LogP contribution in [0.2, 0.25) is 0 Å². The second-order valence-corrected chi connectivity index (χ2v) is 6.95. The van der Waals surface area contributed by atoms with Gasteiger partial charge < -0.3 is 26.8 Å². The lowest BCUT2D eigenvalue weighted by Crippen LogP contribution is -2.26. The number of amides is 2. The molecule has 31 heavy (non-hydrogen) atoms. The number of primary amides is 1. The number of nitrogens with two attached hydrogens (primary N) is 1. The Labute approximate surface area is 180 Å². The van der Waals surface area contributed by atoms with Crippen LogP contribution >= 0.6 is 0 Å². The first-order valence-electron chi connectivity index (χ1n) is 9.82. The minimum atomic E-state index is -0.566. The van der Waals surface area contributed by atoms with Crippen LogP contribution in [0.25, 0.3) is 0 Å². The van der Waals surface area contributed by atoms with E-state index in [1.165, 1.54) is 6.20 Å². The van der Waals surface area contributed by atoms with Crippen LogP contribution in [0.3, 0.4) is 0 Å². The van der Waals surface area contributed by atoms with Gasteiger partial charge >= 0.3 is 0 Å². The summed E-state index contributed by atoms with van der Waals surface area (Å²) >= 11 is 0. The van der Waals surface area contributed by atoms with E-state index >= 15 is 0 Å². The molecule has 0 aliphatic heterocycles. The van der Waals surface area contributed by atoms with Gasteiger partial charge in [-0.2, -0.15) is 0 Å². The Hall–Kier alpha value is -3.91. The van der Waals surface area contributed by atoms with Gasteiger partial charge in [-0.3, -0.25) is 9.59 Å². The zero-order valence-electron chi connectivity index (χ0n) is 17.2. The number of aryl methyl sites for hydroxylation is 1. The Morgan fingerprint density at radius 3 is 2.52 bits per heavy atom. The van der Waals surface area contributed by atoms with E-state index in [1.54, 1.807) is 18.2 Å². The van der Waals surface area contributed by atoms with Crippen molar-refractivity contribution in [3.05, 3.63) is 83.0 Å². The van der Waals surface area contributed by atoms with E-state index in [-0.39, 0.29) is 19.1 Å². The summed E-state index contributed by atoms with van der Waals surface area (Å²) in [6.07, 6.45) is 1.43. The van der Waals surface area contributed by atoms with Crippen LogP contribution in [0.5, 0.6) is 0 Å². The van der Waals surface area contributed by atoms with E-state index in [0.29, 0.717) is 29.2 Å². The highest BCUT2D eigenvalue weighted by atomic mass is 16.3. The van der Waals surface area contributed by atoms with Gasteiger partial charge in [-0.05, 0) is 36.2 Å². The average Bonchev–Trinajstić information content (AvgIpc) is 2.77. The summed E-state index contributed by atoms with van der Waals surface area (Å²) in [5.41, 5.74) is 9.48. The van der Waals surface area contributed by atoms with E-state index in [9.17, 15) is 9.59 Å². The minimum absolute atomic E-state index is 0.113. The van der Waals surface area contributed by atoms with Crippen molar-refractivity contribution in [2.24, 2.45) is 5.73 Å². The molecule has 0 bridgehead atoms. The second-order valence-electron chi connectivity index (χ2n) is 6.95. The van der Waals surface area contributed by atoms with Crippen LogP contribution < -0.4 is 21.7 Å². The molecule has 8 nitrogen and oxygen atoms in total. The van der Waals surface area contributed by atoms with Crippen molar-refractivity contribution >= 4 is 29.0 Å². The third kappa shape index (κ3) is 5.80. The Kier molecular flexibility index (Phi) is 7.18. The molecule has 3 aromatic rings. The minimum Gasteiger partial charge on any atom is -0.395 e. The number of hydrogen-bond donors (Lipinski definition) is 5. The third-order valence-electron chi connectivity index (χ3n) is 4.64. The predicted octanol–water partition coefficient (Wildman–Crippen LogP) is 2.57. The first-order valence-corrected chi connectivity index (χ1v) is 9.82. The largest absolute Gasteiger partial charge is 0.395 e. The van der Waals surface area contributed by atoms with Crippen LogP contribution in [0.4, 0.5) is 17.2 Å². The number of rotatable bonds is 9. The maximum atomic E-state index is 12.1. The summed E-state index contributed by atoms with van der Waals surface area (Å²) in [6.45, 7) is 2.45. The molecule has 3 rings (SSSR count). The average molecular weight is 419 g/mol. The molecule has 1 heterocycles. The summed E-state index contributed by atoms with van der Waals surface area (Å²) in [7, 11) is 0.